The van der Waals surface area contributed by atoms with Crippen molar-refractivity contribution in [1.29, 1.82) is 0 Å². The summed E-state index contributed by atoms with van der Waals surface area (Å²) in [5, 5.41) is 6.04. The molecule has 1 rings (SSSR count). The Bertz CT molecular complexity index is 385. The molecule has 1 aromatic rings. The normalized spacial score (nSPS) is 14.6. The van der Waals surface area contributed by atoms with Crippen molar-refractivity contribution in [1.82, 2.24) is 10.3 Å². The molecule has 0 radical (unpaired) electrons. The van der Waals surface area contributed by atoms with Gasteiger partial charge in [-0.15, -0.1) is 36.2 Å². The van der Waals surface area contributed by atoms with Crippen molar-refractivity contribution < 1.29 is 4.79 Å². The maximum absolute atomic E-state index is 11.8. The molecule has 0 aliphatic rings. The van der Waals surface area contributed by atoms with Gasteiger partial charge in [-0.1, -0.05) is 13.8 Å². The third-order valence-corrected chi connectivity index (χ3v) is 3.89. The van der Waals surface area contributed by atoms with Crippen LogP contribution < -0.4 is 11.1 Å². The number of aryl methyl sites for hydroxylation is 1. The van der Waals surface area contributed by atoms with Crippen molar-refractivity contribution in [2.24, 2.45) is 11.7 Å². The highest BCUT2D eigenvalue weighted by atomic mass is 35.5. The highest BCUT2D eigenvalue weighted by Gasteiger charge is 2.20. The number of hydrogen-bond donors (Lipinski definition) is 2. The van der Waals surface area contributed by atoms with Crippen molar-refractivity contribution in [3.8, 4) is 0 Å². The van der Waals surface area contributed by atoms with E-state index in [0.29, 0.717) is 0 Å². The first kappa shape index (κ1) is 20.9. The summed E-state index contributed by atoms with van der Waals surface area (Å²) in [6.45, 7) is 7.70. The van der Waals surface area contributed by atoms with E-state index in [2.05, 4.69) is 17.2 Å². The fourth-order valence-electron chi connectivity index (χ4n) is 1.34. The van der Waals surface area contributed by atoms with Crippen LogP contribution in [0.1, 0.15) is 44.4 Å². The van der Waals surface area contributed by atoms with Crippen LogP contribution in [0.2, 0.25) is 0 Å². The summed E-state index contributed by atoms with van der Waals surface area (Å²) in [4.78, 5) is 16.3. The van der Waals surface area contributed by atoms with Gasteiger partial charge in [0.1, 0.15) is 0 Å². The number of halogens is 2. The third kappa shape index (κ3) is 6.08. The minimum atomic E-state index is -0.179. The molecule has 0 aliphatic heterocycles. The summed E-state index contributed by atoms with van der Waals surface area (Å²) >= 11 is 1.63. The summed E-state index contributed by atoms with van der Waals surface area (Å²) in [5.74, 6) is -0.194. The average Bonchev–Trinajstić information content (AvgIpc) is 2.76. The van der Waals surface area contributed by atoms with Gasteiger partial charge in [0.05, 0.1) is 16.7 Å². The van der Waals surface area contributed by atoms with Gasteiger partial charge in [0, 0.05) is 17.3 Å². The zero-order valence-electron chi connectivity index (χ0n) is 11.7. The maximum Gasteiger partial charge on any atom is 0.224 e. The van der Waals surface area contributed by atoms with Crippen molar-refractivity contribution >= 4 is 42.1 Å². The van der Waals surface area contributed by atoms with Crippen molar-refractivity contribution in [3.05, 3.63) is 16.1 Å². The lowest BCUT2D eigenvalue weighted by Gasteiger charge is -2.18. The number of nitrogens with two attached hydrogens (primary N) is 1. The lowest BCUT2D eigenvalue weighted by Crippen LogP contribution is -2.39. The molecule has 0 bridgehead atoms. The van der Waals surface area contributed by atoms with E-state index in [4.69, 9.17) is 5.73 Å². The van der Waals surface area contributed by atoms with Gasteiger partial charge in [0.15, 0.2) is 0 Å². The molecule has 0 fully saturated rings. The van der Waals surface area contributed by atoms with E-state index in [0.717, 1.165) is 17.1 Å². The van der Waals surface area contributed by atoms with Crippen LogP contribution in [0.15, 0.2) is 5.38 Å². The average molecular weight is 328 g/mol. The van der Waals surface area contributed by atoms with Crippen LogP contribution in [-0.2, 0) is 11.2 Å². The molecule has 1 heterocycles. The first-order valence-electron chi connectivity index (χ1n) is 5.96. The largest absolute Gasteiger partial charge is 0.348 e. The minimum absolute atomic E-state index is 0. The Hall–Kier alpha value is -0.360. The maximum atomic E-state index is 11.8. The molecule has 19 heavy (non-hydrogen) atoms. The zero-order valence-corrected chi connectivity index (χ0v) is 14.1. The van der Waals surface area contributed by atoms with E-state index in [9.17, 15) is 4.79 Å². The fraction of sp³-hybridized carbons (Fsp3) is 0.667. The summed E-state index contributed by atoms with van der Waals surface area (Å²) in [6, 6.07) is -0.191. The molecule has 1 aromatic heterocycles. The Balaban J connectivity index is 0. The van der Waals surface area contributed by atoms with Gasteiger partial charge in [0.2, 0.25) is 5.91 Å². The second-order valence-corrected chi connectivity index (χ2v) is 5.34. The molecule has 0 saturated carbocycles. The van der Waals surface area contributed by atoms with E-state index in [-0.39, 0.29) is 48.7 Å². The Morgan fingerprint density at radius 2 is 2.00 bits per heavy atom. The minimum Gasteiger partial charge on any atom is -0.348 e. The molecule has 7 heteroatoms. The summed E-state index contributed by atoms with van der Waals surface area (Å²) < 4.78 is 0. The van der Waals surface area contributed by atoms with Crippen molar-refractivity contribution in [3.63, 3.8) is 0 Å². The van der Waals surface area contributed by atoms with E-state index in [1.54, 1.807) is 11.3 Å². The van der Waals surface area contributed by atoms with Crippen LogP contribution in [0.5, 0.6) is 0 Å². The highest BCUT2D eigenvalue weighted by molar-refractivity contribution is 7.09. The molecule has 112 valence electrons. The lowest BCUT2D eigenvalue weighted by atomic mass is 10.0. The Morgan fingerprint density at radius 3 is 2.42 bits per heavy atom. The second kappa shape index (κ2) is 9.53. The lowest BCUT2D eigenvalue weighted by molar-refractivity contribution is -0.125. The number of hydrogen-bond acceptors (Lipinski definition) is 4. The predicted octanol–water partition coefficient (Wildman–Crippen LogP) is 2.71. The Morgan fingerprint density at radius 1 is 1.42 bits per heavy atom. The first-order chi connectivity index (χ1) is 7.95. The van der Waals surface area contributed by atoms with E-state index in [1.165, 1.54) is 0 Å². The molecule has 1 amide bonds. The van der Waals surface area contributed by atoms with Gasteiger partial charge in [-0.2, -0.15) is 0 Å². The van der Waals surface area contributed by atoms with E-state index < -0.39 is 0 Å². The van der Waals surface area contributed by atoms with Gasteiger partial charge >= 0.3 is 0 Å². The van der Waals surface area contributed by atoms with Gasteiger partial charge < -0.3 is 11.1 Å². The van der Waals surface area contributed by atoms with E-state index in [1.807, 2.05) is 26.2 Å². The fourth-order valence-corrected chi connectivity index (χ4v) is 2.18. The smallest absolute Gasteiger partial charge is 0.224 e. The number of carbonyl (C=O) groups is 1. The second-order valence-electron chi connectivity index (χ2n) is 4.40. The molecule has 0 spiro atoms. The third-order valence-electron chi connectivity index (χ3n) is 2.88. The molecule has 3 N–H and O–H groups in total. The summed E-state index contributed by atoms with van der Waals surface area (Å²) in [7, 11) is 0. The van der Waals surface area contributed by atoms with Gasteiger partial charge in [-0.25, -0.2) is 4.98 Å². The molecule has 0 aromatic carbocycles. The quantitative estimate of drug-likeness (QED) is 0.873. The van der Waals surface area contributed by atoms with Crippen molar-refractivity contribution in [2.75, 3.05) is 0 Å². The molecule has 0 saturated heterocycles. The number of nitrogens with zero attached hydrogens (tertiary/aromatic N) is 1. The van der Waals surface area contributed by atoms with Crippen LogP contribution in [0, 0.1) is 5.92 Å². The number of aromatic nitrogens is 1. The molecule has 3 unspecified atom stereocenters. The molecule has 3 atom stereocenters. The van der Waals surface area contributed by atoms with Gasteiger partial charge in [-0.3, -0.25) is 4.79 Å². The van der Waals surface area contributed by atoms with Crippen LogP contribution >= 0.6 is 36.2 Å². The summed E-state index contributed by atoms with van der Waals surface area (Å²) in [6.07, 6.45) is 0.932. The number of nitrogens with one attached hydrogen (secondary N) is 1. The Kier molecular flexibility index (Phi) is 10.5. The molecular formula is C12H23Cl2N3OS. The van der Waals surface area contributed by atoms with Crippen molar-refractivity contribution in [2.45, 2.75) is 46.2 Å². The topological polar surface area (TPSA) is 68.0 Å². The number of rotatable bonds is 5. The highest BCUT2D eigenvalue weighted by Crippen LogP contribution is 2.17. The summed E-state index contributed by atoms with van der Waals surface area (Å²) in [5.41, 5.74) is 6.63. The molecular weight excluding hydrogens is 305 g/mol. The zero-order chi connectivity index (χ0) is 13.0. The van der Waals surface area contributed by atoms with E-state index >= 15 is 0 Å². The standard InChI is InChI=1S/C12H21N3OS.2ClH/c1-5-11-15-10(6-17-11)9(4)14-12(16)7(2)8(3)13;;/h6-9H,5,13H2,1-4H3,(H,14,16);2*1H. The van der Waals surface area contributed by atoms with Crippen LogP contribution in [0.25, 0.3) is 0 Å². The number of carbonyl (C=O) groups excluding carboxylic acids is 1. The van der Waals surface area contributed by atoms with Crippen LogP contribution in [0.3, 0.4) is 0 Å². The van der Waals surface area contributed by atoms with Crippen LogP contribution in [0.4, 0.5) is 0 Å². The SMILES string of the molecule is CCc1nc(C(C)NC(=O)C(C)C(C)N)cs1.Cl.Cl. The van der Waals surface area contributed by atoms with Gasteiger partial charge in [0.25, 0.3) is 0 Å². The molecule has 0 aliphatic carbocycles. The molecule has 4 nitrogen and oxygen atoms in total. The number of thiazole rings is 1. The predicted molar refractivity (Wildman–Crippen MR) is 85.4 cm³/mol. The monoisotopic (exact) mass is 327 g/mol. The first-order valence-corrected chi connectivity index (χ1v) is 6.83. The number of amides is 1. The Labute approximate surface area is 131 Å². The van der Waals surface area contributed by atoms with Gasteiger partial charge in [-0.05, 0) is 20.3 Å². The van der Waals surface area contributed by atoms with Crippen LogP contribution in [-0.4, -0.2) is 16.9 Å².